The minimum absolute atomic E-state index is 0.257. The normalized spacial score (nSPS) is 14.2. The molecule has 2 heterocycles. The molecule has 130 valence electrons. The van der Waals surface area contributed by atoms with Gasteiger partial charge in [-0.25, -0.2) is 0 Å². The van der Waals surface area contributed by atoms with Gasteiger partial charge in [0.05, 0.1) is 18.8 Å². The van der Waals surface area contributed by atoms with Gasteiger partial charge in [-0.15, -0.1) is 11.3 Å². The predicted molar refractivity (Wildman–Crippen MR) is 101 cm³/mol. The van der Waals surface area contributed by atoms with Gasteiger partial charge in [-0.1, -0.05) is 23.2 Å². The number of hydrogen-bond acceptors (Lipinski definition) is 5. The average molecular weight is 396 g/mol. The molecule has 0 saturated carbocycles. The van der Waals surface area contributed by atoms with Crippen molar-refractivity contribution in [1.82, 2.24) is 5.32 Å². The number of morpholine rings is 1. The molecule has 1 amide bonds. The van der Waals surface area contributed by atoms with Crippen molar-refractivity contribution in [3.63, 3.8) is 0 Å². The Morgan fingerprint density at radius 2 is 2.08 bits per heavy atom. The summed E-state index contributed by atoms with van der Waals surface area (Å²) in [6.07, 6.45) is 0. The Morgan fingerprint density at radius 3 is 2.72 bits per heavy atom. The fourth-order valence-corrected chi connectivity index (χ4v) is 4.38. The fraction of sp³-hybridized carbons (Fsp3) is 0.294. The van der Waals surface area contributed by atoms with Crippen molar-refractivity contribution in [2.45, 2.75) is 0 Å². The summed E-state index contributed by atoms with van der Waals surface area (Å²) in [6, 6.07) is 7.28. The highest BCUT2D eigenvalue weighted by molar-refractivity contribution is 7.19. The first kappa shape index (κ1) is 18.0. The lowest BCUT2D eigenvalue weighted by atomic mass is 10.0. The minimum Gasteiger partial charge on any atom is -0.378 e. The number of carbonyl (C=O) groups excluding carboxylic acids is 1. The maximum Gasteiger partial charge on any atom is 0.261 e. The molecule has 2 aromatic rings. The number of nitriles is 1. The average Bonchev–Trinajstić information content (AvgIpc) is 3.03. The van der Waals surface area contributed by atoms with Crippen molar-refractivity contribution in [3.05, 3.63) is 38.7 Å². The van der Waals surface area contributed by atoms with E-state index in [1.54, 1.807) is 25.2 Å². The number of rotatable bonds is 3. The lowest BCUT2D eigenvalue weighted by Gasteiger charge is -2.27. The van der Waals surface area contributed by atoms with E-state index in [2.05, 4.69) is 16.3 Å². The molecule has 1 aliphatic rings. The van der Waals surface area contributed by atoms with Crippen molar-refractivity contribution in [1.29, 1.82) is 5.26 Å². The summed E-state index contributed by atoms with van der Waals surface area (Å²) in [4.78, 5) is 15.0. The van der Waals surface area contributed by atoms with Gasteiger partial charge in [0.2, 0.25) is 0 Å². The standard InChI is InChI=1S/C17H15Cl2N3O2S/c1-21-16(23)15-14(11-8-10(18)2-3-13(11)19)12(9-20)17(25-15)22-4-6-24-7-5-22/h2-3,8H,4-7H2,1H3,(H,21,23). The lowest BCUT2D eigenvalue weighted by molar-refractivity contribution is 0.0967. The van der Waals surface area contributed by atoms with E-state index in [0.29, 0.717) is 57.9 Å². The van der Waals surface area contributed by atoms with E-state index < -0.39 is 0 Å². The van der Waals surface area contributed by atoms with Crippen LogP contribution in [0.3, 0.4) is 0 Å². The van der Waals surface area contributed by atoms with Gasteiger partial charge in [0, 0.05) is 41.3 Å². The van der Waals surface area contributed by atoms with Crippen molar-refractivity contribution < 1.29 is 9.53 Å². The number of ether oxygens (including phenoxy) is 1. The second kappa shape index (κ2) is 7.63. The van der Waals surface area contributed by atoms with E-state index in [1.165, 1.54) is 11.3 Å². The topological polar surface area (TPSA) is 65.4 Å². The van der Waals surface area contributed by atoms with E-state index in [0.717, 1.165) is 5.00 Å². The number of nitrogens with zero attached hydrogens (tertiary/aromatic N) is 2. The summed E-state index contributed by atoms with van der Waals surface area (Å²) in [6.45, 7) is 2.52. The second-order valence-electron chi connectivity index (χ2n) is 5.40. The molecule has 1 saturated heterocycles. The quantitative estimate of drug-likeness (QED) is 0.858. The zero-order valence-electron chi connectivity index (χ0n) is 13.4. The third kappa shape index (κ3) is 3.46. The molecule has 25 heavy (non-hydrogen) atoms. The van der Waals surface area contributed by atoms with Crippen molar-refractivity contribution >= 4 is 45.4 Å². The Bertz CT molecular complexity index is 854. The summed E-state index contributed by atoms with van der Waals surface area (Å²) < 4.78 is 5.38. The third-order valence-corrected chi connectivity index (χ3v) is 5.74. The molecule has 1 fully saturated rings. The Hall–Kier alpha value is -1.78. The Balaban J connectivity index is 2.24. The van der Waals surface area contributed by atoms with Crippen LogP contribution in [0.5, 0.6) is 0 Å². The van der Waals surface area contributed by atoms with E-state index >= 15 is 0 Å². The van der Waals surface area contributed by atoms with E-state index in [1.807, 2.05) is 0 Å². The van der Waals surface area contributed by atoms with Crippen LogP contribution in [-0.2, 0) is 4.74 Å². The Morgan fingerprint density at radius 1 is 1.36 bits per heavy atom. The van der Waals surface area contributed by atoms with Gasteiger partial charge in [-0.2, -0.15) is 5.26 Å². The zero-order chi connectivity index (χ0) is 18.0. The third-order valence-electron chi connectivity index (χ3n) is 3.93. The van der Waals surface area contributed by atoms with Crippen LogP contribution in [0, 0.1) is 11.3 Å². The number of thiophene rings is 1. The molecule has 8 heteroatoms. The number of halogens is 2. The van der Waals surface area contributed by atoms with Crippen LogP contribution in [0.1, 0.15) is 15.2 Å². The molecule has 0 bridgehead atoms. The van der Waals surface area contributed by atoms with Gasteiger partial charge >= 0.3 is 0 Å². The van der Waals surface area contributed by atoms with E-state index in [9.17, 15) is 10.1 Å². The number of benzene rings is 1. The predicted octanol–water partition coefficient (Wildman–Crippen LogP) is 3.79. The van der Waals surface area contributed by atoms with Gasteiger partial charge < -0.3 is 15.0 Å². The van der Waals surface area contributed by atoms with Gasteiger partial charge in [-0.05, 0) is 18.2 Å². The minimum atomic E-state index is -0.257. The zero-order valence-corrected chi connectivity index (χ0v) is 15.8. The van der Waals surface area contributed by atoms with Crippen molar-refractivity contribution in [2.75, 3.05) is 38.3 Å². The van der Waals surface area contributed by atoms with Gasteiger partial charge in [0.25, 0.3) is 5.91 Å². The highest BCUT2D eigenvalue weighted by Gasteiger charge is 2.28. The maximum absolute atomic E-state index is 12.4. The Labute approximate surface area is 159 Å². The molecule has 3 rings (SSSR count). The number of amides is 1. The molecule has 0 atom stereocenters. The molecule has 0 radical (unpaired) electrons. The summed E-state index contributed by atoms with van der Waals surface area (Å²) in [5.74, 6) is -0.257. The first-order valence-corrected chi connectivity index (χ1v) is 9.21. The molecule has 0 aliphatic carbocycles. The largest absolute Gasteiger partial charge is 0.378 e. The van der Waals surface area contributed by atoms with Crippen LogP contribution in [0.15, 0.2) is 18.2 Å². The highest BCUT2D eigenvalue weighted by Crippen LogP contribution is 2.44. The lowest BCUT2D eigenvalue weighted by Crippen LogP contribution is -2.36. The number of nitrogens with one attached hydrogen (secondary N) is 1. The summed E-state index contributed by atoms with van der Waals surface area (Å²) in [5, 5.41) is 14.1. The van der Waals surface area contributed by atoms with E-state index in [-0.39, 0.29) is 5.91 Å². The van der Waals surface area contributed by atoms with Crippen LogP contribution < -0.4 is 10.2 Å². The SMILES string of the molecule is CNC(=O)c1sc(N2CCOCC2)c(C#N)c1-c1cc(Cl)ccc1Cl. The number of carbonyl (C=O) groups is 1. The molecule has 1 N–H and O–H groups in total. The van der Waals surface area contributed by atoms with Crippen LogP contribution in [0.25, 0.3) is 11.1 Å². The van der Waals surface area contributed by atoms with Crippen LogP contribution >= 0.6 is 34.5 Å². The second-order valence-corrected chi connectivity index (χ2v) is 7.24. The maximum atomic E-state index is 12.4. The Kier molecular flexibility index (Phi) is 5.50. The molecular weight excluding hydrogens is 381 g/mol. The molecule has 0 unspecified atom stereocenters. The molecule has 1 aromatic carbocycles. The molecule has 0 spiro atoms. The fourth-order valence-electron chi connectivity index (χ4n) is 2.73. The summed E-state index contributed by atoms with van der Waals surface area (Å²) in [7, 11) is 1.56. The summed E-state index contributed by atoms with van der Waals surface area (Å²) >= 11 is 13.8. The number of anilines is 1. The first-order valence-electron chi connectivity index (χ1n) is 7.64. The molecule has 1 aliphatic heterocycles. The molecule has 5 nitrogen and oxygen atoms in total. The van der Waals surface area contributed by atoms with Crippen LogP contribution in [-0.4, -0.2) is 39.3 Å². The smallest absolute Gasteiger partial charge is 0.261 e. The van der Waals surface area contributed by atoms with Gasteiger partial charge in [-0.3, -0.25) is 4.79 Å². The van der Waals surface area contributed by atoms with Crippen molar-refractivity contribution in [2.24, 2.45) is 0 Å². The van der Waals surface area contributed by atoms with Crippen LogP contribution in [0.4, 0.5) is 5.00 Å². The highest BCUT2D eigenvalue weighted by atomic mass is 35.5. The van der Waals surface area contributed by atoms with E-state index in [4.69, 9.17) is 27.9 Å². The monoisotopic (exact) mass is 395 g/mol. The first-order chi connectivity index (χ1) is 12.1. The van der Waals surface area contributed by atoms with Gasteiger partial charge in [0.15, 0.2) is 0 Å². The van der Waals surface area contributed by atoms with Gasteiger partial charge in [0.1, 0.15) is 15.9 Å². The van der Waals surface area contributed by atoms with Crippen LogP contribution in [0.2, 0.25) is 10.0 Å². The summed E-state index contributed by atoms with van der Waals surface area (Å²) in [5.41, 5.74) is 1.55. The van der Waals surface area contributed by atoms with Crippen molar-refractivity contribution in [3.8, 4) is 17.2 Å². The number of hydrogen-bond donors (Lipinski definition) is 1. The molecular formula is C17H15Cl2N3O2S. The molecule has 1 aromatic heterocycles.